The molecule has 0 N–H and O–H groups in total. The van der Waals surface area contributed by atoms with Crippen molar-refractivity contribution in [2.24, 2.45) is 11.8 Å². The Morgan fingerprint density at radius 2 is 1.65 bits per heavy atom. The molecule has 20 heavy (non-hydrogen) atoms. The molecule has 0 bridgehead atoms. The molecular weight excluding hydrogens is 312 g/mol. The first-order valence-electron chi connectivity index (χ1n) is 7.70. The van der Waals surface area contributed by atoms with Gasteiger partial charge in [0.05, 0.1) is 0 Å². The summed E-state index contributed by atoms with van der Waals surface area (Å²) in [4.78, 5) is 7.17. The molecule has 0 unspecified atom stereocenters. The van der Waals surface area contributed by atoms with E-state index in [4.69, 9.17) is 4.98 Å². The van der Waals surface area contributed by atoms with E-state index < -0.39 is 0 Å². The van der Waals surface area contributed by atoms with Gasteiger partial charge in [0.2, 0.25) is 0 Å². The predicted octanol–water partition coefficient (Wildman–Crippen LogP) is 5.18. The molecule has 0 spiro atoms. The smallest absolute Gasteiger partial charge is 0.131 e. The Bertz CT molecular complexity index is 390. The molecule has 0 aliphatic rings. The second-order valence-corrected chi connectivity index (χ2v) is 7.03. The lowest BCUT2D eigenvalue weighted by Crippen LogP contribution is -2.29. The van der Waals surface area contributed by atoms with Gasteiger partial charge < -0.3 is 4.90 Å². The van der Waals surface area contributed by atoms with E-state index in [0.29, 0.717) is 0 Å². The molecule has 1 aromatic rings. The van der Waals surface area contributed by atoms with Crippen molar-refractivity contribution in [2.45, 2.75) is 52.8 Å². The van der Waals surface area contributed by atoms with Crippen molar-refractivity contribution in [2.75, 3.05) is 18.0 Å². The van der Waals surface area contributed by atoms with Gasteiger partial charge in [-0.25, -0.2) is 4.98 Å². The summed E-state index contributed by atoms with van der Waals surface area (Å²) in [5.41, 5.74) is 2.54. The van der Waals surface area contributed by atoms with Crippen LogP contribution >= 0.6 is 15.9 Å². The van der Waals surface area contributed by atoms with Crippen molar-refractivity contribution < 1.29 is 0 Å². The van der Waals surface area contributed by atoms with Gasteiger partial charge in [-0.05, 0) is 42.7 Å². The van der Waals surface area contributed by atoms with Gasteiger partial charge in [-0.15, -0.1) is 0 Å². The maximum Gasteiger partial charge on any atom is 0.131 e. The summed E-state index contributed by atoms with van der Waals surface area (Å²) < 4.78 is 0. The standard InChI is InChI=1S/C17H29BrN2/c1-13(2)6-8-20(9-7-14(3)4)17-15(5)10-16(11-18)12-19-17/h10,12-14H,6-9,11H2,1-5H3. The highest BCUT2D eigenvalue weighted by Crippen LogP contribution is 2.21. The molecule has 1 aromatic heterocycles. The van der Waals surface area contributed by atoms with Crippen LogP contribution < -0.4 is 4.90 Å². The Kier molecular flexibility index (Phi) is 7.57. The summed E-state index contributed by atoms with van der Waals surface area (Å²) in [6, 6.07) is 2.24. The molecule has 3 heteroatoms. The van der Waals surface area contributed by atoms with Gasteiger partial charge in [-0.2, -0.15) is 0 Å². The zero-order chi connectivity index (χ0) is 15.1. The number of aromatic nitrogens is 1. The maximum atomic E-state index is 4.70. The Hall–Kier alpha value is -0.570. The van der Waals surface area contributed by atoms with E-state index in [1.54, 1.807) is 0 Å². The topological polar surface area (TPSA) is 16.1 Å². The zero-order valence-corrected chi connectivity index (χ0v) is 15.2. The first-order chi connectivity index (χ1) is 9.43. The highest BCUT2D eigenvalue weighted by Gasteiger charge is 2.12. The highest BCUT2D eigenvalue weighted by molar-refractivity contribution is 9.08. The van der Waals surface area contributed by atoms with Gasteiger partial charge >= 0.3 is 0 Å². The lowest BCUT2D eigenvalue weighted by atomic mass is 10.1. The minimum Gasteiger partial charge on any atom is -0.356 e. The predicted molar refractivity (Wildman–Crippen MR) is 92.7 cm³/mol. The normalized spacial score (nSPS) is 11.4. The Morgan fingerprint density at radius 3 is 2.05 bits per heavy atom. The van der Waals surface area contributed by atoms with E-state index in [2.05, 4.69) is 61.5 Å². The Morgan fingerprint density at radius 1 is 1.10 bits per heavy atom. The van der Waals surface area contributed by atoms with Gasteiger partial charge in [0.15, 0.2) is 0 Å². The summed E-state index contributed by atoms with van der Waals surface area (Å²) in [5.74, 6) is 2.63. The van der Waals surface area contributed by atoms with Crippen LogP contribution in [0.4, 0.5) is 5.82 Å². The quantitative estimate of drug-likeness (QED) is 0.606. The molecule has 0 saturated carbocycles. The number of alkyl halides is 1. The monoisotopic (exact) mass is 340 g/mol. The summed E-state index contributed by atoms with van der Waals surface area (Å²) in [5, 5.41) is 0.874. The van der Waals surface area contributed by atoms with Crippen LogP contribution in [0, 0.1) is 18.8 Å². The van der Waals surface area contributed by atoms with Crippen molar-refractivity contribution >= 4 is 21.7 Å². The molecule has 1 heterocycles. The number of aryl methyl sites for hydroxylation is 1. The lowest BCUT2D eigenvalue weighted by Gasteiger charge is -2.27. The number of halogens is 1. The molecule has 0 fully saturated rings. The van der Waals surface area contributed by atoms with Gasteiger partial charge in [0.25, 0.3) is 0 Å². The number of hydrogen-bond donors (Lipinski definition) is 0. The third-order valence-corrected chi connectivity index (χ3v) is 4.16. The van der Waals surface area contributed by atoms with E-state index in [0.717, 1.165) is 36.1 Å². The minimum absolute atomic E-state index is 0.735. The first-order valence-corrected chi connectivity index (χ1v) is 8.82. The second kappa shape index (κ2) is 8.66. The van der Waals surface area contributed by atoms with E-state index >= 15 is 0 Å². The van der Waals surface area contributed by atoms with Gasteiger partial charge in [0, 0.05) is 24.6 Å². The van der Waals surface area contributed by atoms with Gasteiger partial charge in [-0.1, -0.05) is 49.7 Å². The van der Waals surface area contributed by atoms with Crippen molar-refractivity contribution in [3.63, 3.8) is 0 Å². The average molecular weight is 341 g/mol. The lowest BCUT2D eigenvalue weighted by molar-refractivity contribution is 0.532. The average Bonchev–Trinajstić information content (AvgIpc) is 2.39. The summed E-state index contributed by atoms with van der Waals surface area (Å²) in [7, 11) is 0. The second-order valence-electron chi connectivity index (χ2n) is 6.47. The molecule has 0 amide bonds. The van der Waals surface area contributed by atoms with Crippen LogP contribution in [0.5, 0.6) is 0 Å². The Labute approximate surface area is 133 Å². The van der Waals surface area contributed by atoms with Crippen LogP contribution in [0.25, 0.3) is 0 Å². The number of anilines is 1. The molecule has 114 valence electrons. The van der Waals surface area contributed by atoms with Crippen LogP contribution in [0.2, 0.25) is 0 Å². The summed E-state index contributed by atoms with van der Waals surface area (Å²) in [6.07, 6.45) is 4.44. The third kappa shape index (κ3) is 5.82. The van der Waals surface area contributed by atoms with Crippen molar-refractivity contribution in [3.05, 3.63) is 23.4 Å². The van der Waals surface area contributed by atoms with Gasteiger partial charge in [-0.3, -0.25) is 0 Å². The first kappa shape index (κ1) is 17.5. The molecule has 0 atom stereocenters. The molecule has 0 radical (unpaired) electrons. The maximum absolute atomic E-state index is 4.70. The minimum atomic E-state index is 0.735. The largest absolute Gasteiger partial charge is 0.356 e. The van der Waals surface area contributed by atoms with E-state index in [1.165, 1.54) is 24.0 Å². The SMILES string of the molecule is Cc1cc(CBr)cnc1N(CCC(C)C)CCC(C)C. The molecular formula is C17H29BrN2. The van der Waals surface area contributed by atoms with Crippen molar-refractivity contribution in [3.8, 4) is 0 Å². The third-order valence-electron chi connectivity index (χ3n) is 3.51. The van der Waals surface area contributed by atoms with Crippen LogP contribution in [0.15, 0.2) is 12.3 Å². The fourth-order valence-electron chi connectivity index (χ4n) is 2.18. The number of hydrogen-bond acceptors (Lipinski definition) is 2. The number of nitrogens with zero attached hydrogens (tertiary/aromatic N) is 2. The molecule has 1 rings (SSSR count). The van der Waals surface area contributed by atoms with Crippen LogP contribution in [0.3, 0.4) is 0 Å². The van der Waals surface area contributed by atoms with Crippen LogP contribution in [-0.4, -0.2) is 18.1 Å². The van der Waals surface area contributed by atoms with Gasteiger partial charge in [0.1, 0.15) is 5.82 Å². The van der Waals surface area contributed by atoms with Crippen molar-refractivity contribution in [1.82, 2.24) is 4.98 Å². The molecule has 2 nitrogen and oxygen atoms in total. The highest BCUT2D eigenvalue weighted by atomic mass is 79.9. The number of rotatable bonds is 8. The van der Waals surface area contributed by atoms with E-state index in [9.17, 15) is 0 Å². The van der Waals surface area contributed by atoms with Crippen LogP contribution in [0.1, 0.15) is 51.7 Å². The Balaban J connectivity index is 2.84. The fraction of sp³-hybridized carbons (Fsp3) is 0.706. The van der Waals surface area contributed by atoms with Crippen molar-refractivity contribution in [1.29, 1.82) is 0 Å². The molecule has 0 aliphatic carbocycles. The zero-order valence-electron chi connectivity index (χ0n) is 13.6. The molecule has 0 aliphatic heterocycles. The fourth-order valence-corrected chi connectivity index (χ4v) is 2.49. The summed E-state index contributed by atoms with van der Waals surface area (Å²) >= 11 is 3.50. The van der Waals surface area contributed by atoms with E-state index in [1.807, 2.05) is 6.20 Å². The number of pyridine rings is 1. The van der Waals surface area contributed by atoms with E-state index in [-0.39, 0.29) is 0 Å². The molecule has 0 saturated heterocycles. The molecule has 0 aromatic carbocycles. The van der Waals surface area contributed by atoms with Crippen LogP contribution in [-0.2, 0) is 5.33 Å². The summed E-state index contributed by atoms with van der Waals surface area (Å²) in [6.45, 7) is 13.5.